The standard InChI is InChI=1S/C27H42O6/c1-15-14-16(2)24(29)19(5)26(31)20(6)27(32)33-22(13-12-21-10-8-7-9-11-21)17(3)25(30)18(4)23(15)28/h7-11,15-20,22,24-26,29-31H,12-14H2,1-6H3/t15-,16+,17+,18+,19-,20-,22-,24+,25+,26+/m1/s1. The van der Waals surface area contributed by atoms with Gasteiger partial charge in [-0.1, -0.05) is 65.0 Å². The summed E-state index contributed by atoms with van der Waals surface area (Å²) < 4.78 is 5.85. The average molecular weight is 463 g/mol. The van der Waals surface area contributed by atoms with Crippen molar-refractivity contribution in [1.82, 2.24) is 0 Å². The third kappa shape index (κ3) is 6.87. The van der Waals surface area contributed by atoms with Gasteiger partial charge >= 0.3 is 5.97 Å². The van der Waals surface area contributed by atoms with Crippen LogP contribution in [0.5, 0.6) is 0 Å². The number of ketones is 1. The zero-order chi connectivity index (χ0) is 24.9. The molecule has 33 heavy (non-hydrogen) atoms. The van der Waals surface area contributed by atoms with E-state index < -0.39 is 54.1 Å². The van der Waals surface area contributed by atoms with Crippen LogP contribution in [0, 0.1) is 35.5 Å². The molecule has 1 aliphatic rings. The highest BCUT2D eigenvalue weighted by Crippen LogP contribution is 2.31. The predicted octanol–water partition coefficient (Wildman–Crippen LogP) is 3.40. The monoisotopic (exact) mass is 462 g/mol. The molecular weight excluding hydrogens is 420 g/mol. The van der Waals surface area contributed by atoms with E-state index in [9.17, 15) is 24.9 Å². The molecule has 1 fully saturated rings. The van der Waals surface area contributed by atoms with Crippen LogP contribution in [0.1, 0.15) is 59.9 Å². The number of aliphatic hydroxyl groups excluding tert-OH is 3. The summed E-state index contributed by atoms with van der Waals surface area (Å²) in [5.41, 5.74) is 1.09. The van der Waals surface area contributed by atoms with Gasteiger partial charge in [0.15, 0.2) is 0 Å². The highest BCUT2D eigenvalue weighted by molar-refractivity contribution is 5.83. The summed E-state index contributed by atoms with van der Waals surface area (Å²) in [6.45, 7) is 10.5. The fourth-order valence-electron chi connectivity index (χ4n) is 5.06. The molecule has 2 rings (SSSR count). The molecule has 0 aliphatic carbocycles. The van der Waals surface area contributed by atoms with E-state index in [1.54, 1.807) is 20.8 Å². The normalized spacial score (nSPS) is 39.5. The first-order valence-electron chi connectivity index (χ1n) is 12.3. The smallest absolute Gasteiger partial charge is 0.311 e. The fourth-order valence-corrected chi connectivity index (χ4v) is 5.06. The molecule has 0 amide bonds. The zero-order valence-electron chi connectivity index (χ0n) is 20.8. The third-order valence-corrected chi connectivity index (χ3v) is 7.67. The Kier molecular flexibility index (Phi) is 10.1. The molecule has 3 N–H and O–H groups in total. The second-order valence-electron chi connectivity index (χ2n) is 10.3. The van der Waals surface area contributed by atoms with Crippen molar-refractivity contribution in [2.45, 2.75) is 85.2 Å². The van der Waals surface area contributed by atoms with E-state index in [0.29, 0.717) is 19.3 Å². The number of benzene rings is 1. The number of hydrogen-bond donors (Lipinski definition) is 3. The summed E-state index contributed by atoms with van der Waals surface area (Å²) in [6.07, 6.45) is -1.97. The molecule has 10 atom stereocenters. The number of hydrogen-bond acceptors (Lipinski definition) is 6. The molecule has 1 saturated heterocycles. The summed E-state index contributed by atoms with van der Waals surface area (Å²) >= 11 is 0. The minimum absolute atomic E-state index is 0.0693. The van der Waals surface area contributed by atoms with Crippen molar-refractivity contribution in [2.24, 2.45) is 35.5 Å². The maximum absolute atomic E-state index is 13.1. The van der Waals surface area contributed by atoms with Crippen LogP contribution in [0.2, 0.25) is 0 Å². The van der Waals surface area contributed by atoms with Gasteiger partial charge in [0, 0.05) is 23.7 Å². The van der Waals surface area contributed by atoms with Gasteiger partial charge in [-0.05, 0) is 37.7 Å². The highest BCUT2D eigenvalue weighted by Gasteiger charge is 2.40. The molecule has 1 aromatic rings. The van der Waals surface area contributed by atoms with Crippen LogP contribution in [0.4, 0.5) is 0 Å². The van der Waals surface area contributed by atoms with Gasteiger partial charge in [-0.3, -0.25) is 9.59 Å². The second-order valence-corrected chi connectivity index (χ2v) is 10.3. The largest absolute Gasteiger partial charge is 0.462 e. The Morgan fingerprint density at radius 1 is 0.818 bits per heavy atom. The van der Waals surface area contributed by atoms with E-state index in [2.05, 4.69) is 0 Å². The van der Waals surface area contributed by atoms with Crippen LogP contribution in [0.25, 0.3) is 0 Å². The van der Waals surface area contributed by atoms with E-state index in [4.69, 9.17) is 4.74 Å². The van der Waals surface area contributed by atoms with Crippen molar-refractivity contribution in [3.8, 4) is 0 Å². The van der Waals surface area contributed by atoms with Crippen molar-refractivity contribution >= 4 is 11.8 Å². The number of cyclic esters (lactones) is 1. The molecule has 186 valence electrons. The predicted molar refractivity (Wildman–Crippen MR) is 127 cm³/mol. The maximum atomic E-state index is 13.1. The molecule has 6 nitrogen and oxygen atoms in total. The molecule has 0 spiro atoms. The number of ether oxygens (including phenoxy) is 1. The van der Waals surface area contributed by atoms with Crippen molar-refractivity contribution in [1.29, 1.82) is 0 Å². The fraction of sp³-hybridized carbons (Fsp3) is 0.704. The van der Waals surface area contributed by atoms with Gasteiger partial charge in [-0.2, -0.15) is 0 Å². The Morgan fingerprint density at radius 2 is 1.39 bits per heavy atom. The van der Waals surface area contributed by atoms with E-state index in [0.717, 1.165) is 5.56 Å². The van der Waals surface area contributed by atoms with Crippen molar-refractivity contribution in [2.75, 3.05) is 0 Å². The number of rotatable bonds is 3. The number of Topliss-reactive ketones (excluding diaryl/α,β-unsaturated/α-hetero) is 1. The minimum atomic E-state index is -1.09. The van der Waals surface area contributed by atoms with Crippen LogP contribution in [-0.2, 0) is 20.7 Å². The van der Waals surface area contributed by atoms with E-state index in [1.165, 1.54) is 0 Å². The topological polar surface area (TPSA) is 104 Å². The van der Waals surface area contributed by atoms with Crippen molar-refractivity contribution in [3.05, 3.63) is 35.9 Å². The molecule has 0 saturated carbocycles. The van der Waals surface area contributed by atoms with E-state index >= 15 is 0 Å². The third-order valence-electron chi connectivity index (χ3n) is 7.67. The number of aryl methyl sites for hydroxylation is 1. The number of esters is 1. The van der Waals surface area contributed by atoms with Gasteiger partial charge < -0.3 is 20.1 Å². The van der Waals surface area contributed by atoms with Gasteiger partial charge in [0.1, 0.15) is 11.9 Å². The van der Waals surface area contributed by atoms with Crippen molar-refractivity contribution < 1.29 is 29.6 Å². The number of aliphatic hydroxyl groups is 3. The lowest BCUT2D eigenvalue weighted by Crippen LogP contribution is -2.45. The van der Waals surface area contributed by atoms with E-state index in [-0.39, 0.29) is 17.6 Å². The first kappa shape index (κ1) is 27.5. The Labute approximate surface area is 198 Å². The van der Waals surface area contributed by atoms with Crippen LogP contribution in [-0.4, -0.2) is 51.5 Å². The van der Waals surface area contributed by atoms with Crippen LogP contribution in [0.15, 0.2) is 30.3 Å². The molecule has 1 aromatic carbocycles. The van der Waals surface area contributed by atoms with Crippen molar-refractivity contribution in [3.63, 3.8) is 0 Å². The minimum Gasteiger partial charge on any atom is -0.462 e. The maximum Gasteiger partial charge on any atom is 0.311 e. The van der Waals surface area contributed by atoms with Gasteiger partial charge in [0.2, 0.25) is 0 Å². The summed E-state index contributed by atoms with van der Waals surface area (Å²) in [5.74, 6) is -3.70. The van der Waals surface area contributed by atoms with Gasteiger partial charge in [-0.15, -0.1) is 0 Å². The highest BCUT2D eigenvalue weighted by atomic mass is 16.5. The van der Waals surface area contributed by atoms with Crippen LogP contribution < -0.4 is 0 Å². The lowest BCUT2D eigenvalue weighted by Gasteiger charge is -2.36. The molecule has 0 radical (unpaired) electrons. The van der Waals surface area contributed by atoms with E-state index in [1.807, 2.05) is 51.1 Å². The Bertz CT molecular complexity index is 765. The summed E-state index contributed by atoms with van der Waals surface area (Å²) in [4.78, 5) is 26.1. The molecule has 6 heteroatoms. The first-order valence-corrected chi connectivity index (χ1v) is 12.3. The summed E-state index contributed by atoms with van der Waals surface area (Å²) in [6, 6.07) is 9.82. The number of carbonyl (C=O) groups is 2. The van der Waals surface area contributed by atoms with Crippen LogP contribution in [0.3, 0.4) is 0 Å². The lowest BCUT2D eigenvalue weighted by atomic mass is 9.77. The molecule has 0 unspecified atom stereocenters. The average Bonchev–Trinajstić information content (AvgIpc) is 2.82. The Morgan fingerprint density at radius 3 is 2.00 bits per heavy atom. The SMILES string of the molecule is C[C@@H]1[C@@H](O)[C@@H](C)C[C@@H](C)C(=O)[C@H](C)[C@@H](O)[C@@H](C)[C@@H](CCc2ccccc2)OC(=O)[C@H](C)[C@H]1O. The summed E-state index contributed by atoms with van der Waals surface area (Å²) in [7, 11) is 0. The zero-order valence-corrected chi connectivity index (χ0v) is 20.8. The molecule has 1 aliphatic heterocycles. The van der Waals surface area contributed by atoms with Gasteiger partial charge in [-0.25, -0.2) is 0 Å². The summed E-state index contributed by atoms with van der Waals surface area (Å²) in [5, 5.41) is 32.7. The quantitative estimate of drug-likeness (QED) is 0.595. The Hall–Kier alpha value is -1.76. The van der Waals surface area contributed by atoms with Gasteiger partial charge in [0.25, 0.3) is 0 Å². The molecular formula is C27H42O6. The Balaban J connectivity index is 2.34. The second kappa shape index (κ2) is 12.1. The molecule has 1 heterocycles. The van der Waals surface area contributed by atoms with Crippen LogP contribution >= 0.6 is 0 Å². The number of carbonyl (C=O) groups excluding carboxylic acids is 2. The molecule has 0 bridgehead atoms. The molecule has 0 aromatic heterocycles. The lowest BCUT2D eigenvalue weighted by molar-refractivity contribution is -0.166. The van der Waals surface area contributed by atoms with Gasteiger partial charge in [0.05, 0.1) is 24.2 Å². The first-order chi connectivity index (χ1) is 15.5.